The zero-order valence-corrected chi connectivity index (χ0v) is 11.8. The molecule has 1 fully saturated rings. The van der Waals surface area contributed by atoms with Crippen LogP contribution in [0.15, 0.2) is 18.2 Å². The molecule has 0 aromatic heterocycles. The quantitative estimate of drug-likeness (QED) is 0.894. The number of nitrogens with one attached hydrogen (secondary N) is 1. The first-order chi connectivity index (χ1) is 9.13. The summed E-state index contributed by atoms with van der Waals surface area (Å²) in [5, 5.41) is 13.6. The van der Waals surface area contributed by atoms with Crippen LogP contribution in [0.2, 0.25) is 5.02 Å². The number of hydrogen-bond donors (Lipinski definition) is 2. The second-order valence-corrected chi connectivity index (χ2v) is 5.19. The summed E-state index contributed by atoms with van der Waals surface area (Å²) >= 11 is 5.90. The lowest BCUT2D eigenvalue weighted by Gasteiger charge is -2.34. The maximum Gasteiger partial charge on any atom is 0.257 e. The van der Waals surface area contributed by atoms with Gasteiger partial charge in [0.1, 0.15) is 5.75 Å². The van der Waals surface area contributed by atoms with E-state index in [1.54, 1.807) is 11.0 Å². The largest absolute Gasteiger partial charge is 0.507 e. The highest BCUT2D eigenvalue weighted by molar-refractivity contribution is 6.31. The minimum absolute atomic E-state index is 0.0170. The number of carbonyl (C=O) groups excluding carboxylic acids is 1. The van der Waals surface area contributed by atoms with Gasteiger partial charge in [0.2, 0.25) is 0 Å². The van der Waals surface area contributed by atoms with Crippen molar-refractivity contribution in [1.29, 1.82) is 0 Å². The Morgan fingerprint density at radius 2 is 2.37 bits per heavy atom. The third-order valence-electron chi connectivity index (χ3n) is 3.50. The second kappa shape index (κ2) is 6.26. The number of nitrogens with zero attached hydrogens (tertiary/aromatic N) is 1. The highest BCUT2D eigenvalue weighted by Gasteiger charge is 2.26. The molecule has 1 amide bonds. The van der Waals surface area contributed by atoms with E-state index in [-0.39, 0.29) is 23.3 Å². The van der Waals surface area contributed by atoms with E-state index in [2.05, 4.69) is 5.32 Å². The SMILES string of the molecule is CCN(C(=O)c1cc(Cl)ccc1O)C1CCCNC1. The van der Waals surface area contributed by atoms with Crippen molar-refractivity contribution in [3.8, 4) is 5.75 Å². The van der Waals surface area contributed by atoms with Gasteiger partial charge in [-0.05, 0) is 44.5 Å². The van der Waals surface area contributed by atoms with E-state index in [9.17, 15) is 9.90 Å². The number of benzene rings is 1. The number of aromatic hydroxyl groups is 1. The molecule has 1 unspecified atom stereocenters. The molecule has 0 saturated carbocycles. The van der Waals surface area contributed by atoms with Crippen molar-refractivity contribution < 1.29 is 9.90 Å². The molecule has 1 aromatic rings. The number of hydrogen-bond acceptors (Lipinski definition) is 3. The summed E-state index contributed by atoms with van der Waals surface area (Å²) in [5.41, 5.74) is 0.278. The van der Waals surface area contributed by atoms with Gasteiger partial charge in [0, 0.05) is 24.2 Å². The first kappa shape index (κ1) is 14.2. The predicted molar refractivity (Wildman–Crippen MR) is 75.7 cm³/mol. The van der Waals surface area contributed by atoms with E-state index in [1.807, 2.05) is 6.92 Å². The van der Waals surface area contributed by atoms with Gasteiger partial charge in [-0.25, -0.2) is 0 Å². The van der Waals surface area contributed by atoms with E-state index >= 15 is 0 Å². The van der Waals surface area contributed by atoms with Crippen LogP contribution in [0, 0.1) is 0 Å². The molecule has 0 spiro atoms. The Balaban J connectivity index is 2.22. The van der Waals surface area contributed by atoms with Crippen LogP contribution in [0.25, 0.3) is 0 Å². The molecule has 5 heteroatoms. The van der Waals surface area contributed by atoms with Crippen molar-refractivity contribution in [2.24, 2.45) is 0 Å². The van der Waals surface area contributed by atoms with Gasteiger partial charge in [0.15, 0.2) is 0 Å². The summed E-state index contributed by atoms with van der Waals surface area (Å²) in [6.07, 6.45) is 2.06. The minimum atomic E-state index is -0.156. The van der Waals surface area contributed by atoms with E-state index in [0.29, 0.717) is 11.6 Å². The number of carbonyl (C=O) groups is 1. The molecule has 1 aliphatic rings. The number of piperidine rings is 1. The first-order valence-electron chi connectivity index (χ1n) is 6.63. The van der Waals surface area contributed by atoms with Gasteiger partial charge in [-0.1, -0.05) is 11.6 Å². The van der Waals surface area contributed by atoms with Gasteiger partial charge >= 0.3 is 0 Å². The predicted octanol–water partition coefficient (Wildman–Crippen LogP) is 2.26. The Hall–Kier alpha value is -1.26. The molecule has 0 bridgehead atoms. The average Bonchev–Trinajstić information content (AvgIpc) is 2.43. The van der Waals surface area contributed by atoms with Gasteiger partial charge in [-0.2, -0.15) is 0 Å². The van der Waals surface area contributed by atoms with Gasteiger partial charge in [-0.3, -0.25) is 4.79 Å². The Labute approximate surface area is 118 Å². The van der Waals surface area contributed by atoms with Crippen LogP contribution in [0.5, 0.6) is 5.75 Å². The fourth-order valence-corrected chi connectivity index (χ4v) is 2.67. The number of phenols is 1. The average molecular weight is 283 g/mol. The lowest BCUT2D eigenvalue weighted by atomic mass is 10.0. The zero-order chi connectivity index (χ0) is 13.8. The van der Waals surface area contributed by atoms with Crippen LogP contribution < -0.4 is 5.32 Å². The van der Waals surface area contributed by atoms with Crippen molar-refractivity contribution in [3.63, 3.8) is 0 Å². The van der Waals surface area contributed by atoms with Crippen molar-refractivity contribution in [2.75, 3.05) is 19.6 Å². The van der Waals surface area contributed by atoms with Crippen LogP contribution in [-0.4, -0.2) is 41.6 Å². The normalized spacial score (nSPS) is 19.2. The first-order valence-corrected chi connectivity index (χ1v) is 7.01. The molecule has 0 radical (unpaired) electrons. The Kier molecular flexibility index (Phi) is 4.66. The van der Waals surface area contributed by atoms with Gasteiger partial charge < -0.3 is 15.3 Å². The van der Waals surface area contributed by atoms with Crippen LogP contribution >= 0.6 is 11.6 Å². The molecule has 19 heavy (non-hydrogen) atoms. The second-order valence-electron chi connectivity index (χ2n) is 4.75. The number of amides is 1. The maximum atomic E-state index is 12.5. The lowest BCUT2D eigenvalue weighted by molar-refractivity contribution is 0.0659. The van der Waals surface area contributed by atoms with Gasteiger partial charge in [-0.15, -0.1) is 0 Å². The highest BCUT2D eigenvalue weighted by Crippen LogP contribution is 2.24. The van der Waals surface area contributed by atoms with Crippen molar-refractivity contribution in [1.82, 2.24) is 10.2 Å². The molecule has 2 rings (SSSR count). The molecule has 2 N–H and O–H groups in total. The fourth-order valence-electron chi connectivity index (χ4n) is 2.50. The molecule has 1 saturated heterocycles. The summed E-state index contributed by atoms with van der Waals surface area (Å²) in [7, 11) is 0. The molecular weight excluding hydrogens is 264 g/mol. The molecular formula is C14H19ClN2O2. The molecule has 1 aromatic carbocycles. The molecule has 104 valence electrons. The lowest BCUT2D eigenvalue weighted by Crippen LogP contribution is -2.48. The highest BCUT2D eigenvalue weighted by atomic mass is 35.5. The summed E-state index contributed by atoms with van der Waals surface area (Å²) < 4.78 is 0. The van der Waals surface area contributed by atoms with Crippen LogP contribution in [0.4, 0.5) is 0 Å². The third kappa shape index (κ3) is 3.19. The van der Waals surface area contributed by atoms with Crippen LogP contribution in [0.3, 0.4) is 0 Å². The van der Waals surface area contributed by atoms with E-state index < -0.39 is 0 Å². The summed E-state index contributed by atoms with van der Waals surface area (Å²) in [6.45, 7) is 4.39. The van der Waals surface area contributed by atoms with E-state index in [4.69, 9.17) is 11.6 Å². The molecule has 1 atom stereocenters. The summed E-state index contributed by atoms with van der Waals surface area (Å²) in [5.74, 6) is -0.173. The summed E-state index contributed by atoms with van der Waals surface area (Å²) in [6, 6.07) is 4.75. The molecule has 1 aliphatic heterocycles. The summed E-state index contributed by atoms with van der Waals surface area (Å²) in [4.78, 5) is 14.3. The number of halogens is 1. The molecule has 1 heterocycles. The van der Waals surface area contributed by atoms with Crippen LogP contribution in [-0.2, 0) is 0 Å². The fraction of sp³-hybridized carbons (Fsp3) is 0.500. The van der Waals surface area contributed by atoms with E-state index in [0.717, 1.165) is 25.9 Å². The zero-order valence-electron chi connectivity index (χ0n) is 11.0. The standard InChI is InChI=1S/C14H19ClN2O2/c1-2-17(11-4-3-7-16-9-11)14(19)12-8-10(15)5-6-13(12)18/h5-6,8,11,16,18H,2-4,7,9H2,1H3. The topological polar surface area (TPSA) is 52.6 Å². The third-order valence-corrected chi connectivity index (χ3v) is 3.74. The molecule has 4 nitrogen and oxygen atoms in total. The Morgan fingerprint density at radius 3 is 3.00 bits per heavy atom. The monoisotopic (exact) mass is 282 g/mol. The minimum Gasteiger partial charge on any atom is -0.507 e. The number of likely N-dealkylation sites (N-methyl/N-ethyl adjacent to an activating group) is 1. The van der Waals surface area contributed by atoms with E-state index in [1.165, 1.54) is 12.1 Å². The Morgan fingerprint density at radius 1 is 1.58 bits per heavy atom. The van der Waals surface area contributed by atoms with Crippen molar-refractivity contribution in [2.45, 2.75) is 25.8 Å². The number of phenolic OH excluding ortho intramolecular Hbond substituents is 1. The maximum absolute atomic E-state index is 12.5. The molecule has 0 aliphatic carbocycles. The smallest absolute Gasteiger partial charge is 0.257 e. The van der Waals surface area contributed by atoms with Gasteiger partial charge in [0.25, 0.3) is 5.91 Å². The van der Waals surface area contributed by atoms with Crippen LogP contribution in [0.1, 0.15) is 30.1 Å². The Bertz CT molecular complexity index is 459. The van der Waals surface area contributed by atoms with Crippen molar-refractivity contribution >= 4 is 17.5 Å². The van der Waals surface area contributed by atoms with Gasteiger partial charge in [0.05, 0.1) is 5.56 Å². The van der Waals surface area contributed by atoms with Crippen molar-refractivity contribution in [3.05, 3.63) is 28.8 Å². The number of rotatable bonds is 3.